The van der Waals surface area contributed by atoms with E-state index in [9.17, 15) is 9.90 Å². The Morgan fingerprint density at radius 1 is 1.35 bits per heavy atom. The van der Waals surface area contributed by atoms with Gasteiger partial charge in [0.2, 0.25) is 0 Å². The minimum atomic E-state index is -1.06. The summed E-state index contributed by atoms with van der Waals surface area (Å²) in [7, 11) is 1.36. The summed E-state index contributed by atoms with van der Waals surface area (Å²) in [6, 6.07) is 7.26. The number of aryl methyl sites for hydroxylation is 1. The predicted octanol–water partition coefficient (Wildman–Crippen LogP) is 2.53. The lowest BCUT2D eigenvalue weighted by atomic mass is 9.86. The highest BCUT2D eigenvalue weighted by molar-refractivity contribution is 6.08. The number of rotatable bonds is 1. The largest absolute Gasteiger partial charge is 0.489 e. The van der Waals surface area contributed by atoms with E-state index >= 15 is 0 Å². The monoisotopic (exact) mass is 272 g/mol. The molecule has 0 saturated heterocycles. The molecule has 2 aromatic rings. The van der Waals surface area contributed by atoms with E-state index in [0.717, 1.165) is 27.6 Å². The van der Waals surface area contributed by atoms with Crippen molar-refractivity contribution >= 4 is 16.7 Å². The van der Waals surface area contributed by atoms with Gasteiger partial charge in [0.1, 0.15) is 18.0 Å². The van der Waals surface area contributed by atoms with Gasteiger partial charge in [0, 0.05) is 10.8 Å². The maximum absolute atomic E-state index is 11.9. The van der Waals surface area contributed by atoms with Crippen molar-refractivity contribution in [2.45, 2.75) is 19.4 Å². The second kappa shape index (κ2) is 4.21. The van der Waals surface area contributed by atoms with Gasteiger partial charge >= 0.3 is 5.97 Å². The Balaban J connectivity index is 2.43. The van der Waals surface area contributed by atoms with Crippen LogP contribution in [0.15, 0.2) is 24.3 Å². The number of benzene rings is 2. The number of carbonyl (C=O) groups excluding carboxylic acids is 1. The van der Waals surface area contributed by atoms with Gasteiger partial charge in [-0.25, -0.2) is 4.79 Å². The molecule has 4 nitrogen and oxygen atoms in total. The number of methoxy groups -OCH3 is 1. The Bertz CT molecular complexity index is 716. The maximum Gasteiger partial charge on any atom is 0.338 e. The van der Waals surface area contributed by atoms with Crippen molar-refractivity contribution in [1.82, 2.24) is 0 Å². The topological polar surface area (TPSA) is 55.8 Å². The van der Waals surface area contributed by atoms with E-state index < -0.39 is 11.6 Å². The number of esters is 1. The summed E-state index contributed by atoms with van der Waals surface area (Å²) in [5, 5.41) is 12.0. The number of hydrogen-bond acceptors (Lipinski definition) is 4. The average molecular weight is 272 g/mol. The molecule has 0 fully saturated rings. The van der Waals surface area contributed by atoms with E-state index in [0.29, 0.717) is 5.56 Å². The van der Waals surface area contributed by atoms with Gasteiger partial charge < -0.3 is 14.6 Å². The summed E-state index contributed by atoms with van der Waals surface area (Å²) in [5.41, 5.74) is 1.18. The van der Waals surface area contributed by atoms with Crippen LogP contribution in [-0.2, 0) is 10.3 Å². The first-order valence-electron chi connectivity index (χ1n) is 6.46. The molecule has 0 radical (unpaired) electrons. The van der Waals surface area contributed by atoms with Crippen LogP contribution in [0.25, 0.3) is 10.8 Å². The molecule has 20 heavy (non-hydrogen) atoms. The first-order chi connectivity index (χ1) is 9.45. The van der Waals surface area contributed by atoms with E-state index in [1.807, 2.05) is 19.1 Å². The fourth-order valence-corrected chi connectivity index (χ4v) is 2.73. The summed E-state index contributed by atoms with van der Waals surface area (Å²) in [5.74, 6) is 0.339. The Morgan fingerprint density at radius 3 is 2.80 bits per heavy atom. The molecule has 0 saturated carbocycles. The van der Waals surface area contributed by atoms with Crippen LogP contribution in [0.4, 0.5) is 0 Å². The summed E-state index contributed by atoms with van der Waals surface area (Å²) in [6.45, 7) is 3.87. The molecule has 1 N–H and O–H groups in total. The van der Waals surface area contributed by atoms with E-state index in [1.165, 1.54) is 7.11 Å². The van der Waals surface area contributed by atoms with Crippen LogP contribution in [0.5, 0.6) is 5.75 Å². The molecule has 1 unspecified atom stereocenters. The van der Waals surface area contributed by atoms with Crippen LogP contribution in [-0.4, -0.2) is 24.8 Å². The number of hydrogen-bond donors (Lipinski definition) is 1. The first-order valence-corrected chi connectivity index (χ1v) is 6.46. The summed E-state index contributed by atoms with van der Waals surface area (Å²) in [6.07, 6.45) is 0. The standard InChI is InChI=1S/C16H16O4/c1-9-4-5-10-11(15(17)19-3)6-7-12-13(10)14(9)20-8-16(12,2)18/h4-7,18H,8H2,1-3H3. The molecular formula is C16H16O4. The van der Waals surface area contributed by atoms with Gasteiger partial charge in [-0.1, -0.05) is 18.2 Å². The van der Waals surface area contributed by atoms with Gasteiger partial charge in [0.25, 0.3) is 0 Å². The smallest absolute Gasteiger partial charge is 0.338 e. The Morgan fingerprint density at radius 2 is 2.10 bits per heavy atom. The van der Waals surface area contributed by atoms with Crippen LogP contribution in [0, 0.1) is 6.92 Å². The molecule has 104 valence electrons. The third-order valence-corrected chi connectivity index (χ3v) is 3.81. The minimum absolute atomic E-state index is 0.206. The predicted molar refractivity (Wildman–Crippen MR) is 75.1 cm³/mol. The van der Waals surface area contributed by atoms with E-state index in [1.54, 1.807) is 19.1 Å². The molecule has 1 aliphatic rings. The number of carbonyl (C=O) groups is 1. The van der Waals surface area contributed by atoms with Gasteiger partial charge in [0.05, 0.1) is 12.7 Å². The molecule has 2 aromatic carbocycles. The molecule has 1 heterocycles. The second-order valence-corrected chi connectivity index (χ2v) is 5.35. The van der Waals surface area contributed by atoms with Crippen molar-refractivity contribution in [1.29, 1.82) is 0 Å². The zero-order valence-corrected chi connectivity index (χ0v) is 11.7. The van der Waals surface area contributed by atoms with Crippen LogP contribution in [0.3, 0.4) is 0 Å². The molecule has 1 aliphatic heterocycles. The van der Waals surface area contributed by atoms with Crippen LogP contribution in [0.2, 0.25) is 0 Å². The average Bonchev–Trinajstić information content (AvgIpc) is 2.43. The van der Waals surface area contributed by atoms with Crippen molar-refractivity contribution in [3.63, 3.8) is 0 Å². The van der Waals surface area contributed by atoms with E-state index in [-0.39, 0.29) is 6.61 Å². The summed E-state index contributed by atoms with van der Waals surface area (Å²) in [4.78, 5) is 11.9. The molecular weight excluding hydrogens is 256 g/mol. The third-order valence-electron chi connectivity index (χ3n) is 3.81. The molecule has 0 aromatic heterocycles. The third kappa shape index (κ3) is 1.68. The van der Waals surface area contributed by atoms with Crippen molar-refractivity contribution in [2.75, 3.05) is 13.7 Å². The fraction of sp³-hybridized carbons (Fsp3) is 0.312. The summed E-state index contributed by atoms with van der Waals surface area (Å²) < 4.78 is 10.5. The fourth-order valence-electron chi connectivity index (χ4n) is 2.73. The zero-order valence-electron chi connectivity index (χ0n) is 11.7. The van der Waals surface area contributed by atoms with Crippen molar-refractivity contribution in [2.24, 2.45) is 0 Å². The molecule has 0 aliphatic carbocycles. The second-order valence-electron chi connectivity index (χ2n) is 5.35. The minimum Gasteiger partial charge on any atom is -0.489 e. The van der Waals surface area contributed by atoms with Crippen LogP contribution in [0.1, 0.15) is 28.4 Å². The maximum atomic E-state index is 11.9. The Hall–Kier alpha value is -2.07. The highest BCUT2D eigenvalue weighted by atomic mass is 16.5. The van der Waals surface area contributed by atoms with Gasteiger partial charge in [-0.15, -0.1) is 0 Å². The quantitative estimate of drug-likeness (QED) is 0.810. The van der Waals surface area contributed by atoms with Crippen molar-refractivity contribution in [3.05, 3.63) is 41.0 Å². The highest BCUT2D eigenvalue weighted by Gasteiger charge is 2.33. The van der Waals surface area contributed by atoms with Gasteiger partial charge in [-0.3, -0.25) is 0 Å². The molecule has 0 bridgehead atoms. The number of aliphatic hydroxyl groups is 1. The normalized spacial score (nSPS) is 20.6. The lowest BCUT2D eigenvalue weighted by molar-refractivity contribution is 0.00349. The molecule has 0 amide bonds. The highest BCUT2D eigenvalue weighted by Crippen LogP contribution is 2.42. The van der Waals surface area contributed by atoms with Gasteiger partial charge in [-0.05, 0) is 31.0 Å². The van der Waals surface area contributed by atoms with E-state index in [4.69, 9.17) is 9.47 Å². The SMILES string of the molecule is COC(=O)c1ccc2c3c(c(C)ccc13)OCC2(C)O. The lowest BCUT2D eigenvalue weighted by Gasteiger charge is -2.32. The first kappa shape index (κ1) is 12.9. The molecule has 4 heteroatoms. The Kier molecular flexibility index (Phi) is 2.73. The number of ether oxygens (including phenoxy) is 2. The van der Waals surface area contributed by atoms with Crippen molar-refractivity contribution in [3.8, 4) is 5.75 Å². The van der Waals surface area contributed by atoms with E-state index in [2.05, 4.69) is 0 Å². The summed E-state index contributed by atoms with van der Waals surface area (Å²) >= 11 is 0. The van der Waals surface area contributed by atoms with Crippen LogP contribution >= 0.6 is 0 Å². The van der Waals surface area contributed by atoms with Gasteiger partial charge in [-0.2, -0.15) is 0 Å². The van der Waals surface area contributed by atoms with Gasteiger partial charge in [0.15, 0.2) is 0 Å². The molecule has 3 rings (SSSR count). The molecule has 1 atom stereocenters. The Labute approximate surface area is 116 Å². The van der Waals surface area contributed by atoms with Crippen LogP contribution < -0.4 is 4.74 Å². The van der Waals surface area contributed by atoms with Crippen molar-refractivity contribution < 1.29 is 19.4 Å². The lowest BCUT2D eigenvalue weighted by Crippen LogP contribution is -2.33. The molecule has 0 spiro atoms. The zero-order chi connectivity index (χ0) is 14.5.